The Kier molecular flexibility index (Phi) is 4.20. The van der Waals surface area contributed by atoms with Gasteiger partial charge in [-0.15, -0.1) is 0 Å². The molecular formula is C16H28N2O2. The second-order valence-corrected chi connectivity index (χ2v) is 7.15. The lowest BCUT2D eigenvalue weighted by atomic mass is 9.77. The molecule has 1 heterocycles. The second-order valence-electron chi connectivity index (χ2n) is 7.15. The number of nitrogens with zero attached hydrogens (tertiary/aromatic N) is 1. The van der Waals surface area contributed by atoms with E-state index >= 15 is 0 Å². The summed E-state index contributed by atoms with van der Waals surface area (Å²) in [4.78, 5) is 14.3. The highest BCUT2D eigenvalue weighted by Crippen LogP contribution is 2.46. The van der Waals surface area contributed by atoms with Crippen LogP contribution in [0.25, 0.3) is 0 Å². The van der Waals surface area contributed by atoms with Crippen molar-refractivity contribution in [2.45, 2.75) is 76.4 Å². The van der Waals surface area contributed by atoms with E-state index in [-0.39, 0.29) is 18.2 Å². The van der Waals surface area contributed by atoms with Crippen molar-refractivity contribution in [3.63, 3.8) is 0 Å². The molecule has 3 rings (SSSR count). The first-order chi connectivity index (χ1) is 9.67. The molecule has 2 N–H and O–H groups in total. The van der Waals surface area contributed by atoms with E-state index in [2.05, 4.69) is 5.32 Å². The number of carbonyl (C=O) groups is 1. The van der Waals surface area contributed by atoms with E-state index in [1.807, 2.05) is 4.90 Å². The number of likely N-dealkylation sites (tertiary alicyclic amines) is 1. The maximum absolute atomic E-state index is 12.3. The Balaban J connectivity index is 1.44. The Morgan fingerprint density at radius 1 is 1.00 bits per heavy atom. The highest BCUT2D eigenvalue weighted by Gasteiger charge is 2.38. The predicted molar refractivity (Wildman–Crippen MR) is 78.5 cm³/mol. The van der Waals surface area contributed by atoms with Crippen molar-refractivity contribution in [3.8, 4) is 0 Å². The van der Waals surface area contributed by atoms with Crippen molar-refractivity contribution in [2.75, 3.05) is 13.1 Å². The van der Waals surface area contributed by atoms with Crippen LogP contribution in [-0.4, -0.2) is 41.3 Å². The molecule has 4 nitrogen and oxygen atoms in total. The molecule has 1 saturated heterocycles. The van der Waals surface area contributed by atoms with Crippen LogP contribution in [0.4, 0.5) is 4.79 Å². The molecule has 1 spiro atoms. The minimum Gasteiger partial charge on any atom is -0.393 e. The minimum atomic E-state index is -0.152. The van der Waals surface area contributed by atoms with Crippen LogP contribution in [0, 0.1) is 5.41 Å². The summed E-state index contributed by atoms with van der Waals surface area (Å²) in [6.45, 7) is 1.86. The van der Waals surface area contributed by atoms with Crippen molar-refractivity contribution in [2.24, 2.45) is 5.41 Å². The maximum atomic E-state index is 12.3. The van der Waals surface area contributed by atoms with Crippen LogP contribution in [0.15, 0.2) is 0 Å². The summed E-state index contributed by atoms with van der Waals surface area (Å²) in [6, 6.07) is 0.396. The van der Waals surface area contributed by atoms with Crippen molar-refractivity contribution >= 4 is 6.03 Å². The molecule has 1 aliphatic heterocycles. The number of hydrogen-bond acceptors (Lipinski definition) is 2. The third kappa shape index (κ3) is 3.11. The summed E-state index contributed by atoms with van der Waals surface area (Å²) < 4.78 is 0. The Hall–Kier alpha value is -0.770. The lowest BCUT2D eigenvalue weighted by molar-refractivity contribution is 0.104. The highest BCUT2D eigenvalue weighted by atomic mass is 16.3. The van der Waals surface area contributed by atoms with Crippen molar-refractivity contribution in [1.82, 2.24) is 10.2 Å². The second kappa shape index (κ2) is 5.92. The first-order valence-electron chi connectivity index (χ1n) is 8.40. The fraction of sp³-hybridized carbons (Fsp3) is 0.938. The number of nitrogens with one attached hydrogen (secondary N) is 1. The molecule has 114 valence electrons. The summed E-state index contributed by atoms with van der Waals surface area (Å²) in [5.74, 6) is 0. The molecule has 4 heteroatoms. The number of carbonyl (C=O) groups excluding carboxylic acids is 1. The van der Waals surface area contributed by atoms with Gasteiger partial charge in [-0.25, -0.2) is 4.79 Å². The summed E-state index contributed by atoms with van der Waals surface area (Å²) in [5.41, 5.74) is 0.575. The monoisotopic (exact) mass is 280 g/mol. The number of rotatable bonds is 1. The number of hydrogen-bond donors (Lipinski definition) is 2. The molecule has 2 aliphatic carbocycles. The first-order valence-corrected chi connectivity index (χ1v) is 8.40. The number of piperidine rings is 1. The lowest BCUT2D eigenvalue weighted by Crippen LogP contribution is -2.50. The van der Waals surface area contributed by atoms with Gasteiger partial charge < -0.3 is 15.3 Å². The van der Waals surface area contributed by atoms with Gasteiger partial charge in [0.05, 0.1) is 6.10 Å². The first kappa shape index (κ1) is 14.2. The zero-order valence-electron chi connectivity index (χ0n) is 12.4. The van der Waals surface area contributed by atoms with Gasteiger partial charge in [-0.3, -0.25) is 0 Å². The van der Waals surface area contributed by atoms with Crippen molar-refractivity contribution in [3.05, 3.63) is 0 Å². The minimum absolute atomic E-state index is 0.124. The normalized spacial score (nSPS) is 33.4. The SMILES string of the molecule is O=C(NC1CCC(O)CC1)N1CCC2(CCCC2)CC1. The topological polar surface area (TPSA) is 52.6 Å². The van der Waals surface area contributed by atoms with E-state index in [0.29, 0.717) is 5.41 Å². The third-order valence-electron chi connectivity index (χ3n) is 5.80. The molecule has 0 radical (unpaired) electrons. The zero-order chi connectivity index (χ0) is 14.0. The molecule has 3 aliphatic rings. The number of aliphatic hydroxyl groups excluding tert-OH is 1. The zero-order valence-corrected chi connectivity index (χ0v) is 12.4. The van der Waals surface area contributed by atoms with E-state index in [4.69, 9.17) is 0 Å². The van der Waals surface area contributed by atoms with E-state index < -0.39 is 0 Å². The van der Waals surface area contributed by atoms with Gasteiger partial charge in [0.25, 0.3) is 0 Å². The molecule has 0 unspecified atom stereocenters. The Morgan fingerprint density at radius 2 is 1.60 bits per heavy atom. The molecule has 2 amide bonds. The summed E-state index contributed by atoms with van der Waals surface area (Å²) >= 11 is 0. The Labute approximate surface area is 121 Å². The van der Waals surface area contributed by atoms with Gasteiger partial charge in [0, 0.05) is 19.1 Å². The third-order valence-corrected chi connectivity index (χ3v) is 5.80. The van der Waals surface area contributed by atoms with Crippen LogP contribution in [0.1, 0.15) is 64.2 Å². The largest absolute Gasteiger partial charge is 0.393 e. The average molecular weight is 280 g/mol. The smallest absolute Gasteiger partial charge is 0.317 e. The van der Waals surface area contributed by atoms with Crippen LogP contribution in [0.5, 0.6) is 0 Å². The molecule has 0 aromatic rings. The van der Waals surface area contributed by atoms with Crippen LogP contribution in [0.2, 0.25) is 0 Å². The fourth-order valence-electron chi connectivity index (χ4n) is 4.30. The van der Waals surface area contributed by atoms with Crippen molar-refractivity contribution < 1.29 is 9.90 Å². The van der Waals surface area contributed by atoms with E-state index in [9.17, 15) is 9.90 Å². The van der Waals surface area contributed by atoms with E-state index in [1.54, 1.807) is 0 Å². The lowest BCUT2D eigenvalue weighted by Gasteiger charge is -2.40. The number of amides is 2. The van der Waals surface area contributed by atoms with Gasteiger partial charge in [-0.05, 0) is 56.8 Å². The maximum Gasteiger partial charge on any atom is 0.317 e. The van der Waals surface area contributed by atoms with Gasteiger partial charge in [0.2, 0.25) is 0 Å². The predicted octanol–water partition coefficient (Wildman–Crippen LogP) is 2.66. The summed E-state index contributed by atoms with van der Waals surface area (Å²) in [7, 11) is 0. The molecule has 3 fully saturated rings. The quantitative estimate of drug-likeness (QED) is 0.776. The molecule has 20 heavy (non-hydrogen) atoms. The Morgan fingerprint density at radius 3 is 2.20 bits per heavy atom. The standard InChI is InChI=1S/C16H28N2O2/c19-14-5-3-13(4-6-14)17-15(20)18-11-9-16(10-12-18)7-1-2-8-16/h13-14,19H,1-12H2,(H,17,20). The Bertz CT molecular complexity index is 334. The van der Waals surface area contributed by atoms with Crippen LogP contribution < -0.4 is 5.32 Å². The van der Waals surface area contributed by atoms with E-state index in [0.717, 1.165) is 38.8 Å². The van der Waals surface area contributed by atoms with Gasteiger partial charge in [-0.2, -0.15) is 0 Å². The van der Waals surface area contributed by atoms with Gasteiger partial charge in [0.15, 0.2) is 0 Å². The van der Waals surface area contributed by atoms with Gasteiger partial charge >= 0.3 is 6.03 Å². The highest BCUT2D eigenvalue weighted by molar-refractivity contribution is 5.74. The summed E-state index contributed by atoms with van der Waals surface area (Å²) in [6.07, 6.45) is 11.3. The molecule has 0 bridgehead atoms. The van der Waals surface area contributed by atoms with Crippen LogP contribution in [0.3, 0.4) is 0 Å². The number of aliphatic hydroxyl groups is 1. The van der Waals surface area contributed by atoms with E-state index in [1.165, 1.54) is 38.5 Å². The molecule has 0 aromatic carbocycles. The molecular weight excluding hydrogens is 252 g/mol. The van der Waals surface area contributed by atoms with Crippen molar-refractivity contribution in [1.29, 1.82) is 0 Å². The fourth-order valence-corrected chi connectivity index (χ4v) is 4.30. The van der Waals surface area contributed by atoms with Gasteiger partial charge in [0.1, 0.15) is 0 Å². The van der Waals surface area contributed by atoms with Crippen LogP contribution >= 0.6 is 0 Å². The average Bonchev–Trinajstić information content (AvgIpc) is 2.90. The van der Waals surface area contributed by atoms with Crippen LogP contribution in [-0.2, 0) is 0 Å². The van der Waals surface area contributed by atoms with Gasteiger partial charge in [-0.1, -0.05) is 12.8 Å². The molecule has 0 aromatic heterocycles. The molecule has 2 saturated carbocycles. The molecule has 0 atom stereocenters. The summed E-state index contributed by atoms with van der Waals surface area (Å²) in [5, 5.41) is 12.7. The number of urea groups is 1.